The predicted octanol–water partition coefficient (Wildman–Crippen LogP) is 0.774. The maximum absolute atomic E-state index is 10.9. The number of hydrogen-bond donors (Lipinski definition) is 0. The number of hydrogen-bond acceptors (Lipinski definition) is 4. The van der Waals surface area contributed by atoms with Gasteiger partial charge in [0.2, 0.25) is 5.88 Å². The van der Waals surface area contributed by atoms with Gasteiger partial charge >= 0.3 is 10.1 Å². The second-order valence-corrected chi connectivity index (χ2v) is 3.70. The third kappa shape index (κ3) is 1.18. The first-order valence-corrected chi connectivity index (χ1v) is 4.72. The van der Waals surface area contributed by atoms with Crippen LogP contribution in [-0.4, -0.2) is 13.4 Å². The van der Waals surface area contributed by atoms with Crippen molar-refractivity contribution in [1.82, 2.24) is 4.98 Å². The third-order valence-corrected chi connectivity index (χ3v) is 2.27. The van der Waals surface area contributed by atoms with E-state index in [4.69, 9.17) is 0 Å². The van der Waals surface area contributed by atoms with Crippen molar-refractivity contribution in [3.8, 4) is 5.88 Å². The molecule has 1 aliphatic heterocycles. The van der Waals surface area contributed by atoms with Gasteiger partial charge in [0, 0.05) is 11.8 Å². The van der Waals surface area contributed by atoms with E-state index in [0.29, 0.717) is 5.56 Å². The van der Waals surface area contributed by atoms with E-state index in [1.807, 2.05) is 0 Å². The molecule has 5 heteroatoms. The Morgan fingerprint density at radius 1 is 1.42 bits per heavy atom. The molecule has 0 radical (unpaired) electrons. The van der Waals surface area contributed by atoms with E-state index >= 15 is 0 Å². The molecular formula is C7H5NO3S. The van der Waals surface area contributed by atoms with Crippen LogP contribution in [0.25, 0.3) is 6.08 Å². The van der Waals surface area contributed by atoms with Crippen molar-refractivity contribution in [3.05, 3.63) is 29.3 Å². The number of rotatable bonds is 0. The van der Waals surface area contributed by atoms with E-state index in [0.717, 1.165) is 5.41 Å². The van der Waals surface area contributed by atoms with E-state index in [1.54, 1.807) is 12.1 Å². The molecule has 0 atom stereocenters. The van der Waals surface area contributed by atoms with E-state index in [9.17, 15) is 8.42 Å². The van der Waals surface area contributed by atoms with Crippen LogP contribution in [0.5, 0.6) is 5.88 Å². The zero-order chi connectivity index (χ0) is 8.60. The quantitative estimate of drug-likeness (QED) is 0.557. The molecule has 2 rings (SSSR count). The molecule has 0 bridgehead atoms. The van der Waals surface area contributed by atoms with Gasteiger partial charge in [0.1, 0.15) is 0 Å². The van der Waals surface area contributed by atoms with Crippen LogP contribution in [0.15, 0.2) is 23.7 Å². The summed E-state index contributed by atoms with van der Waals surface area (Å²) in [6.07, 6.45) is 2.94. The lowest BCUT2D eigenvalue weighted by atomic mass is 10.3. The Balaban J connectivity index is 2.61. The van der Waals surface area contributed by atoms with Crippen molar-refractivity contribution in [3.63, 3.8) is 0 Å². The normalized spacial score (nSPS) is 18.0. The highest BCUT2D eigenvalue weighted by Gasteiger charge is 2.16. The summed E-state index contributed by atoms with van der Waals surface area (Å²) in [4.78, 5) is 3.76. The van der Waals surface area contributed by atoms with Gasteiger partial charge in [-0.05, 0) is 18.2 Å². The Morgan fingerprint density at radius 3 is 3.08 bits per heavy atom. The van der Waals surface area contributed by atoms with E-state index in [1.165, 1.54) is 12.3 Å². The highest BCUT2D eigenvalue weighted by Crippen LogP contribution is 2.22. The number of pyridine rings is 1. The summed E-state index contributed by atoms with van der Waals surface area (Å²) in [5.74, 6) is 0.139. The Kier molecular flexibility index (Phi) is 1.41. The van der Waals surface area contributed by atoms with Gasteiger partial charge in [-0.2, -0.15) is 8.42 Å². The largest absolute Gasteiger partial charge is 0.358 e. The second-order valence-electron chi connectivity index (χ2n) is 2.28. The Bertz CT molecular complexity index is 436. The van der Waals surface area contributed by atoms with Crippen molar-refractivity contribution >= 4 is 16.2 Å². The molecule has 0 N–H and O–H groups in total. The van der Waals surface area contributed by atoms with Crippen molar-refractivity contribution in [2.45, 2.75) is 0 Å². The van der Waals surface area contributed by atoms with Crippen LogP contribution in [0.2, 0.25) is 0 Å². The smallest absolute Gasteiger partial charge is 0.333 e. The van der Waals surface area contributed by atoms with E-state index in [2.05, 4.69) is 9.17 Å². The van der Waals surface area contributed by atoms with Crippen LogP contribution >= 0.6 is 0 Å². The van der Waals surface area contributed by atoms with Gasteiger partial charge in [0.15, 0.2) is 0 Å². The molecule has 1 aromatic heterocycles. The van der Waals surface area contributed by atoms with Gasteiger partial charge < -0.3 is 4.18 Å². The summed E-state index contributed by atoms with van der Waals surface area (Å²) in [7, 11) is -3.54. The second kappa shape index (κ2) is 2.31. The molecular weight excluding hydrogens is 178 g/mol. The first-order valence-electron chi connectivity index (χ1n) is 3.25. The average Bonchev–Trinajstić information content (AvgIpc) is 2.02. The number of aromatic nitrogens is 1. The van der Waals surface area contributed by atoms with Gasteiger partial charge in [-0.15, -0.1) is 0 Å². The Hall–Kier alpha value is -1.36. The topological polar surface area (TPSA) is 56.3 Å². The summed E-state index contributed by atoms with van der Waals surface area (Å²) in [5.41, 5.74) is 0.673. The van der Waals surface area contributed by atoms with Crippen LogP contribution < -0.4 is 4.18 Å². The molecule has 0 saturated carbocycles. The lowest BCUT2D eigenvalue weighted by Gasteiger charge is -2.08. The molecule has 0 spiro atoms. The maximum atomic E-state index is 10.9. The lowest BCUT2D eigenvalue weighted by molar-refractivity contribution is 0.484. The lowest BCUT2D eigenvalue weighted by Crippen LogP contribution is -2.10. The molecule has 0 fully saturated rings. The zero-order valence-corrected chi connectivity index (χ0v) is 6.78. The van der Waals surface area contributed by atoms with Crippen LogP contribution in [0.3, 0.4) is 0 Å². The van der Waals surface area contributed by atoms with Crippen LogP contribution in [0, 0.1) is 0 Å². The molecule has 0 aliphatic carbocycles. The molecule has 4 nitrogen and oxygen atoms in total. The fourth-order valence-corrected chi connectivity index (χ4v) is 1.62. The van der Waals surface area contributed by atoms with Gasteiger partial charge in [-0.25, -0.2) is 4.98 Å². The summed E-state index contributed by atoms with van der Waals surface area (Å²) < 4.78 is 26.3. The molecule has 0 unspecified atom stereocenters. The van der Waals surface area contributed by atoms with Crippen LogP contribution in [0.4, 0.5) is 0 Å². The summed E-state index contributed by atoms with van der Waals surface area (Å²) >= 11 is 0. The molecule has 1 aliphatic rings. The van der Waals surface area contributed by atoms with Gasteiger partial charge in [0.25, 0.3) is 0 Å². The summed E-state index contributed by atoms with van der Waals surface area (Å²) in [6.45, 7) is 0. The first kappa shape index (κ1) is 7.30. The third-order valence-electron chi connectivity index (χ3n) is 1.41. The molecule has 0 aromatic carbocycles. The monoisotopic (exact) mass is 183 g/mol. The molecule has 0 saturated heterocycles. The molecule has 12 heavy (non-hydrogen) atoms. The van der Waals surface area contributed by atoms with Crippen molar-refractivity contribution in [1.29, 1.82) is 0 Å². The minimum absolute atomic E-state index is 0.139. The standard InChI is InChI=1S/C7H5NO3S/c9-12(10)5-3-6-2-1-4-8-7(6)11-12/h1-5H. The SMILES string of the molecule is O=S1(=O)C=Cc2cccnc2O1. The zero-order valence-electron chi connectivity index (χ0n) is 5.97. The Labute approximate surface area is 69.6 Å². The van der Waals surface area contributed by atoms with Crippen molar-refractivity contribution < 1.29 is 12.6 Å². The first-order chi connectivity index (χ1) is 5.67. The number of fused-ring (bicyclic) bond motifs is 1. The fraction of sp³-hybridized carbons (Fsp3) is 0. The highest BCUT2D eigenvalue weighted by atomic mass is 32.2. The van der Waals surface area contributed by atoms with Crippen LogP contribution in [0.1, 0.15) is 5.56 Å². The van der Waals surface area contributed by atoms with E-state index < -0.39 is 10.1 Å². The van der Waals surface area contributed by atoms with Gasteiger partial charge in [-0.1, -0.05) is 0 Å². The number of nitrogens with zero attached hydrogens (tertiary/aromatic N) is 1. The molecule has 62 valence electrons. The maximum Gasteiger partial charge on any atom is 0.333 e. The minimum atomic E-state index is -3.54. The molecule has 2 heterocycles. The average molecular weight is 183 g/mol. The fourth-order valence-electron chi connectivity index (χ4n) is 0.894. The molecule has 1 aromatic rings. The molecule has 0 amide bonds. The summed E-state index contributed by atoms with van der Waals surface area (Å²) in [5, 5.41) is 1.01. The van der Waals surface area contributed by atoms with Gasteiger partial charge in [-0.3, -0.25) is 0 Å². The predicted molar refractivity (Wildman–Crippen MR) is 42.8 cm³/mol. The van der Waals surface area contributed by atoms with Gasteiger partial charge in [0.05, 0.1) is 5.41 Å². The highest BCUT2D eigenvalue weighted by molar-refractivity contribution is 7.90. The van der Waals surface area contributed by atoms with Crippen molar-refractivity contribution in [2.75, 3.05) is 0 Å². The van der Waals surface area contributed by atoms with Crippen LogP contribution in [-0.2, 0) is 10.1 Å². The van der Waals surface area contributed by atoms with E-state index in [-0.39, 0.29) is 5.88 Å². The Morgan fingerprint density at radius 2 is 2.25 bits per heavy atom. The minimum Gasteiger partial charge on any atom is -0.358 e. The van der Waals surface area contributed by atoms with Crippen molar-refractivity contribution in [2.24, 2.45) is 0 Å². The summed E-state index contributed by atoms with van der Waals surface area (Å²) in [6, 6.07) is 3.44.